The molecule has 2 fully saturated rings. The largest absolute Gasteiger partial charge is 0.494 e. The molecule has 0 N–H and O–H groups in total. The first kappa shape index (κ1) is 22.1. The van der Waals surface area contributed by atoms with Gasteiger partial charge < -0.3 is 9.47 Å². The van der Waals surface area contributed by atoms with Crippen LogP contribution in [-0.4, -0.2) is 13.2 Å². The first-order chi connectivity index (χ1) is 13.9. The van der Waals surface area contributed by atoms with Crippen molar-refractivity contribution in [1.29, 1.82) is 0 Å². The summed E-state index contributed by atoms with van der Waals surface area (Å²) in [5.41, 5.74) is -1.08. The molecule has 162 valence electrons. The number of allylic oxidation sites excluding steroid dienone is 1. The quantitative estimate of drug-likeness (QED) is 0.354. The summed E-state index contributed by atoms with van der Waals surface area (Å²) in [7, 11) is 1.15. The van der Waals surface area contributed by atoms with Crippen LogP contribution in [0.4, 0.5) is 17.6 Å². The molecule has 1 aromatic carbocycles. The molecule has 0 aromatic heterocycles. The Morgan fingerprint density at radius 3 is 2.10 bits per heavy atom. The standard InChI is InChI=1S/C23H30F4O2/c1-3-4-15-5-7-16(8-6-15)17-9-11-18(12-10-17)29-23(26,27)19-13-14-20(28-2)22(25)21(19)24/h3,13-18H,1,4-12H2,2H3. The maximum absolute atomic E-state index is 14.5. The Morgan fingerprint density at radius 2 is 1.55 bits per heavy atom. The van der Waals surface area contributed by atoms with Gasteiger partial charge in [-0.2, -0.15) is 13.2 Å². The van der Waals surface area contributed by atoms with Crippen molar-refractivity contribution in [2.75, 3.05) is 7.11 Å². The molecule has 0 spiro atoms. The topological polar surface area (TPSA) is 18.5 Å². The van der Waals surface area contributed by atoms with E-state index in [9.17, 15) is 17.6 Å². The third kappa shape index (κ3) is 5.14. The summed E-state index contributed by atoms with van der Waals surface area (Å²) in [6.45, 7) is 3.82. The van der Waals surface area contributed by atoms with Crippen LogP contribution in [0.15, 0.2) is 24.8 Å². The third-order valence-corrected chi connectivity index (χ3v) is 6.67. The van der Waals surface area contributed by atoms with Gasteiger partial charge in [0.05, 0.1) is 18.8 Å². The molecular weight excluding hydrogens is 384 g/mol. The average Bonchev–Trinajstić information content (AvgIpc) is 2.71. The normalized spacial score (nSPS) is 28.2. The van der Waals surface area contributed by atoms with Gasteiger partial charge in [-0.3, -0.25) is 0 Å². The summed E-state index contributed by atoms with van der Waals surface area (Å²) in [6, 6.07) is 1.81. The second-order valence-electron chi connectivity index (χ2n) is 8.42. The Balaban J connectivity index is 1.54. The van der Waals surface area contributed by atoms with Gasteiger partial charge in [-0.15, -0.1) is 6.58 Å². The number of halogens is 4. The summed E-state index contributed by atoms with van der Waals surface area (Å²) >= 11 is 0. The van der Waals surface area contributed by atoms with Crippen molar-refractivity contribution < 1.29 is 27.0 Å². The third-order valence-electron chi connectivity index (χ3n) is 6.67. The minimum absolute atomic E-state index is 0.412. The SMILES string of the molecule is C=CCC1CCC(C2CCC(OC(F)(F)c3ccc(OC)c(F)c3F)CC2)CC1. The summed E-state index contributed by atoms with van der Waals surface area (Å²) in [5.74, 6) is -1.52. The first-order valence-electron chi connectivity index (χ1n) is 10.5. The molecular formula is C23H30F4O2. The van der Waals surface area contributed by atoms with Crippen LogP contribution in [0, 0.1) is 29.4 Å². The molecule has 0 unspecified atom stereocenters. The van der Waals surface area contributed by atoms with Crippen LogP contribution in [0.3, 0.4) is 0 Å². The number of ether oxygens (including phenoxy) is 2. The number of hydrogen-bond acceptors (Lipinski definition) is 2. The van der Waals surface area contributed by atoms with Gasteiger partial charge in [-0.05, 0) is 87.7 Å². The Bertz CT molecular complexity index is 690. The molecule has 0 aliphatic heterocycles. The second kappa shape index (κ2) is 9.50. The zero-order valence-electron chi connectivity index (χ0n) is 16.9. The Kier molecular flexibility index (Phi) is 7.25. The molecule has 0 amide bonds. The second-order valence-corrected chi connectivity index (χ2v) is 8.42. The molecule has 0 atom stereocenters. The summed E-state index contributed by atoms with van der Waals surface area (Å²) in [5, 5.41) is 0. The van der Waals surface area contributed by atoms with Crippen molar-refractivity contribution in [1.82, 2.24) is 0 Å². The molecule has 6 heteroatoms. The van der Waals surface area contributed by atoms with Crippen LogP contribution in [0.2, 0.25) is 0 Å². The average molecular weight is 414 g/mol. The lowest BCUT2D eigenvalue weighted by atomic mass is 9.70. The number of rotatable bonds is 7. The van der Waals surface area contributed by atoms with Gasteiger partial charge in [-0.25, -0.2) is 4.39 Å². The summed E-state index contributed by atoms with van der Waals surface area (Å²) in [6.07, 6.45) is 6.09. The molecule has 2 nitrogen and oxygen atoms in total. The molecule has 2 aliphatic rings. The zero-order valence-corrected chi connectivity index (χ0v) is 16.9. The van der Waals surface area contributed by atoms with E-state index in [2.05, 4.69) is 11.3 Å². The Hall–Kier alpha value is -1.56. The number of hydrogen-bond donors (Lipinski definition) is 0. The van der Waals surface area contributed by atoms with E-state index in [0.29, 0.717) is 24.7 Å². The molecule has 0 radical (unpaired) electrons. The predicted molar refractivity (Wildman–Crippen MR) is 104 cm³/mol. The number of methoxy groups -OCH3 is 1. The highest BCUT2D eigenvalue weighted by molar-refractivity contribution is 5.32. The van der Waals surface area contributed by atoms with Crippen molar-refractivity contribution in [2.24, 2.45) is 17.8 Å². The van der Waals surface area contributed by atoms with E-state index in [4.69, 9.17) is 4.74 Å². The number of alkyl halides is 2. The Morgan fingerprint density at radius 1 is 0.966 bits per heavy atom. The zero-order chi connectivity index (χ0) is 21.0. The lowest BCUT2D eigenvalue weighted by Crippen LogP contribution is -2.33. The van der Waals surface area contributed by atoms with E-state index >= 15 is 0 Å². The highest BCUT2D eigenvalue weighted by Gasteiger charge is 2.41. The molecule has 2 saturated carbocycles. The summed E-state index contributed by atoms with van der Waals surface area (Å²) in [4.78, 5) is 0. The monoisotopic (exact) mass is 414 g/mol. The van der Waals surface area contributed by atoms with Crippen LogP contribution in [-0.2, 0) is 10.8 Å². The van der Waals surface area contributed by atoms with E-state index < -0.39 is 35.2 Å². The van der Waals surface area contributed by atoms with Crippen molar-refractivity contribution in [3.8, 4) is 5.75 Å². The van der Waals surface area contributed by atoms with Gasteiger partial charge in [0.25, 0.3) is 0 Å². The van der Waals surface area contributed by atoms with Crippen molar-refractivity contribution in [3.63, 3.8) is 0 Å². The highest BCUT2D eigenvalue weighted by atomic mass is 19.3. The molecule has 1 aromatic rings. The molecule has 0 saturated heterocycles. The predicted octanol–water partition coefficient (Wildman–Crippen LogP) is 6.98. The van der Waals surface area contributed by atoms with E-state index in [1.165, 1.54) is 25.7 Å². The van der Waals surface area contributed by atoms with Crippen LogP contribution >= 0.6 is 0 Å². The lowest BCUT2D eigenvalue weighted by Gasteiger charge is -2.38. The number of benzene rings is 1. The fourth-order valence-electron chi connectivity index (χ4n) is 5.00. The van der Waals surface area contributed by atoms with Crippen molar-refractivity contribution in [2.45, 2.75) is 70.0 Å². The molecule has 0 heterocycles. The Labute approximate surface area is 170 Å². The molecule has 29 heavy (non-hydrogen) atoms. The van der Waals surface area contributed by atoms with Gasteiger partial charge in [0.15, 0.2) is 11.6 Å². The molecule has 3 rings (SSSR count). The van der Waals surface area contributed by atoms with Crippen LogP contribution in [0.25, 0.3) is 0 Å². The van der Waals surface area contributed by atoms with Gasteiger partial charge in [-0.1, -0.05) is 6.08 Å². The maximum atomic E-state index is 14.5. The minimum Gasteiger partial charge on any atom is -0.494 e. The van der Waals surface area contributed by atoms with Crippen LogP contribution in [0.5, 0.6) is 5.75 Å². The van der Waals surface area contributed by atoms with Gasteiger partial charge in [0.2, 0.25) is 5.82 Å². The van der Waals surface area contributed by atoms with Crippen molar-refractivity contribution in [3.05, 3.63) is 42.0 Å². The maximum Gasteiger partial charge on any atom is 0.386 e. The van der Waals surface area contributed by atoms with Gasteiger partial charge in [0, 0.05) is 0 Å². The molecule has 0 bridgehead atoms. The highest BCUT2D eigenvalue weighted by Crippen LogP contribution is 2.43. The van der Waals surface area contributed by atoms with E-state index in [-0.39, 0.29) is 0 Å². The van der Waals surface area contributed by atoms with Gasteiger partial charge in [0.1, 0.15) is 0 Å². The fourth-order valence-corrected chi connectivity index (χ4v) is 5.00. The van der Waals surface area contributed by atoms with E-state index in [1.54, 1.807) is 0 Å². The van der Waals surface area contributed by atoms with Crippen LogP contribution < -0.4 is 4.74 Å². The van der Waals surface area contributed by atoms with Crippen LogP contribution in [0.1, 0.15) is 63.4 Å². The first-order valence-corrected chi connectivity index (χ1v) is 10.5. The molecule has 2 aliphatic carbocycles. The summed E-state index contributed by atoms with van der Waals surface area (Å²) < 4.78 is 66.5. The van der Waals surface area contributed by atoms with E-state index in [0.717, 1.165) is 44.4 Å². The smallest absolute Gasteiger partial charge is 0.386 e. The van der Waals surface area contributed by atoms with E-state index in [1.807, 2.05) is 6.08 Å². The minimum atomic E-state index is -3.88. The fraction of sp³-hybridized carbons (Fsp3) is 0.652. The lowest BCUT2D eigenvalue weighted by molar-refractivity contribution is -0.280. The van der Waals surface area contributed by atoms with Crippen molar-refractivity contribution >= 4 is 0 Å². The van der Waals surface area contributed by atoms with Gasteiger partial charge >= 0.3 is 6.11 Å².